The van der Waals surface area contributed by atoms with Gasteiger partial charge in [-0.25, -0.2) is 4.79 Å². The molecule has 0 radical (unpaired) electrons. The van der Waals surface area contributed by atoms with Gasteiger partial charge in [-0.3, -0.25) is 4.79 Å². The van der Waals surface area contributed by atoms with Crippen molar-refractivity contribution in [2.75, 3.05) is 6.54 Å². The predicted octanol–water partition coefficient (Wildman–Crippen LogP) is 0.565. The molecule has 2 amide bonds. The van der Waals surface area contributed by atoms with Crippen molar-refractivity contribution < 1.29 is 19.2 Å². The molecule has 0 saturated carbocycles. The number of carboxylic acid groups (broad SMARTS) is 1. The van der Waals surface area contributed by atoms with Crippen LogP contribution in [0.15, 0.2) is 4.52 Å². The smallest absolute Gasteiger partial charge is 0.315 e. The summed E-state index contributed by atoms with van der Waals surface area (Å²) < 4.78 is 4.94. The maximum atomic E-state index is 11.3. The van der Waals surface area contributed by atoms with Gasteiger partial charge in [-0.05, 0) is 13.8 Å². The molecule has 7 nitrogen and oxygen atoms in total. The Labute approximate surface area is 98.2 Å². The molecule has 0 aliphatic rings. The van der Waals surface area contributed by atoms with E-state index >= 15 is 0 Å². The molecule has 0 bridgehead atoms. The SMILES string of the molecule is Cc1noc(C)c1CNC(=O)NCCC(=O)O. The summed E-state index contributed by atoms with van der Waals surface area (Å²) in [5, 5.41) is 17.2. The number of hydrogen-bond donors (Lipinski definition) is 3. The van der Waals surface area contributed by atoms with Crippen molar-refractivity contribution in [3.05, 3.63) is 17.0 Å². The summed E-state index contributed by atoms with van der Waals surface area (Å²) >= 11 is 0. The lowest BCUT2D eigenvalue weighted by Crippen LogP contribution is -2.36. The van der Waals surface area contributed by atoms with Gasteiger partial charge in [0.15, 0.2) is 0 Å². The number of amides is 2. The number of nitrogens with one attached hydrogen (secondary N) is 2. The Morgan fingerprint density at radius 1 is 1.35 bits per heavy atom. The first kappa shape index (κ1) is 13.0. The van der Waals surface area contributed by atoms with Crippen molar-refractivity contribution in [3.63, 3.8) is 0 Å². The van der Waals surface area contributed by atoms with Crippen molar-refractivity contribution in [1.29, 1.82) is 0 Å². The summed E-state index contributed by atoms with van der Waals surface area (Å²) in [7, 11) is 0. The first-order chi connectivity index (χ1) is 8.00. The molecular formula is C10H15N3O4. The van der Waals surface area contributed by atoms with Crippen molar-refractivity contribution >= 4 is 12.0 Å². The van der Waals surface area contributed by atoms with Crippen molar-refractivity contribution in [3.8, 4) is 0 Å². The summed E-state index contributed by atoms with van der Waals surface area (Å²) in [6.07, 6.45) is -0.0985. The van der Waals surface area contributed by atoms with E-state index < -0.39 is 12.0 Å². The Balaban J connectivity index is 2.31. The van der Waals surface area contributed by atoms with E-state index in [-0.39, 0.29) is 13.0 Å². The highest BCUT2D eigenvalue weighted by atomic mass is 16.5. The van der Waals surface area contributed by atoms with Gasteiger partial charge in [0.2, 0.25) is 0 Å². The third kappa shape index (κ3) is 4.13. The number of carboxylic acids is 1. The second-order valence-electron chi connectivity index (χ2n) is 3.56. The maximum absolute atomic E-state index is 11.3. The van der Waals surface area contributed by atoms with Gasteiger partial charge in [-0.1, -0.05) is 5.16 Å². The molecule has 0 fully saturated rings. The van der Waals surface area contributed by atoms with Crippen LogP contribution in [0.2, 0.25) is 0 Å². The molecule has 0 aromatic carbocycles. The first-order valence-corrected chi connectivity index (χ1v) is 5.16. The molecule has 1 rings (SSSR count). The largest absolute Gasteiger partial charge is 0.481 e. The van der Waals surface area contributed by atoms with E-state index in [9.17, 15) is 9.59 Å². The number of nitrogens with zero attached hydrogens (tertiary/aromatic N) is 1. The Bertz CT molecular complexity index is 394. The van der Waals surface area contributed by atoms with Gasteiger partial charge in [0.05, 0.1) is 12.1 Å². The van der Waals surface area contributed by atoms with Gasteiger partial charge in [-0.2, -0.15) is 0 Å². The van der Waals surface area contributed by atoms with E-state index in [1.165, 1.54) is 0 Å². The van der Waals surface area contributed by atoms with E-state index in [2.05, 4.69) is 15.8 Å². The van der Waals surface area contributed by atoms with Gasteiger partial charge in [0, 0.05) is 18.7 Å². The van der Waals surface area contributed by atoms with Crippen molar-refractivity contribution in [2.45, 2.75) is 26.8 Å². The van der Waals surface area contributed by atoms with E-state index in [4.69, 9.17) is 9.63 Å². The molecule has 0 aliphatic carbocycles. The van der Waals surface area contributed by atoms with Crippen LogP contribution in [0, 0.1) is 13.8 Å². The van der Waals surface area contributed by atoms with Crippen LogP contribution in [0.5, 0.6) is 0 Å². The van der Waals surface area contributed by atoms with Crippen LogP contribution in [0.25, 0.3) is 0 Å². The van der Waals surface area contributed by atoms with Gasteiger partial charge in [0.1, 0.15) is 5.76 Å². The minimum atomic E-state index is -0.948. The zero-order chi connectivity index (χ0) is 12.8. The van der Waals surface area contributed by atoms with E-state index in [0.29, 0.717) is 12.3 Å². The minimum Gasteiger partial charge on any atom is -0.481 e. The Morgan fingerprint density at radius 3 is 2.59 bits per heavy atom. The maximum Gasteiger partial charge on any atom is 0.315 e. The third-order valence-corrected chi connectivity index (χ3v) is 2.23. The van der Waals surface area contributed by atoms with E-state index in [0.717, 1.165) is 11.3 Å². The van der Waals surface area contributed by atoms with Gasteiger partial charge in [0.25, 0.3) is 0 Å². The number of aliphatic carboxylic acids is 1. The summed E-state index contributed by atoms with van der Waals surface area (Å²) in [5.41, 5.74) is 1.56. The lowest BCUT2D eigenvalue weighted by atomic mass is 10.2. The molecule has 0 aliphatic heterocycles. The molecule has 0 atom stereocenters. The number of hydrogen-bond acceptors (Lipinski definition) is 4. The monoisotopic (exact) mass is 241 g/mol. The average Bonchev–Trinajstić information content (AvgIpc) is 2.55. The molecule has 17 heavy (non-hydrogen) atoms. The standard InChI is InChI=1S/C10H15N3O4/c1-6-8(7(2)17-13-6)5-12-10(16)11-4-3-9(14)15/h3-5H2,1-2H3,(H,14,15)(H2,11,12,16). The van der Waals surface area contributed by atoms with Crippen molar-refractivity contribution in [1.82, 2.24) is 15.8 Å². The molecule has 1 aromatic heterocycles. The number of rotatable bonds is 5. The minimum absolute atomic E-state index is 0.0985. The van der Waals surface area contributed by atoms with Gasteiger partial charge < -0.3 is 20.3 Å². The normalized spacial score (nSPS) is 10.0. The Kier molecular flexibility index (Phi) is 4.50. The van der Waals surface area contributed by atoms with Crippen LogP contribution in [0.1, 0.15) is 23.4 Å². The number of carbonyl (C=O) groups excluding carboxylic acids is 1. The summed E-state index contributed by atoms with van der Waals surface area (Å²) in [5.74, 6) is -0.288. The molecule has 0 spiro atoms. The van der Waals surface area contributed by atoms with Gasteiger partial charge >= 0.3 is 12.0 Å². The molecule has 1 aromatic rings. The lowest BCUT2D eigenvalue weighted by Gasteiger charge is -2.05. The molecule has 0 saturated heterocycles. The highest BCUT2D eigenvalue weighted by Crippen LogP contribution is 2.11. The second-order valence-corrected chi connectivity index (χ2v) is 3.56. The Morgan fingerprint density at radius 2 is 2.06 bits per heavy atom. The molecule has 7 heteroatoms. The van der Waals surface area contributed by atoms with Crippen LogP contribution in [0.4, 0.5) is 4.79 Å². The fourth-order valence-corrected chi connectivity index (χ4v) is 1.27. The van der Waals surface area contributed by atoms with Crippen LogP contribution in [0.3, 0.4) is 0 Å². The molecular weight excluding hydrogens is 226 g/mol. The fourth-order valence-electron chi connectivity index (χ4n) is 1.27. The third-order valence-electron chi connectivity index (χ3n) is 2.23. The number of urea groups is 1. The molecule has 0 unspecified atom stereocenters. The second kappa shape index (κ2) is 5.88. The summed E-state index contributed by atoms with van der Waals surface area (Å²) in [4.78, 5) is 21.5. The molecule has 1 heterocycles. The molecule has 3 N–H and O–H groups in total. The fraction of sp³-hybridized carbons (Fsp3) is 0.500. The quantitative estimate of drug-likeness (QED) is 0.698. The first-order valence-electron chi connectivity index (χ1n) is 5.16. The number of aromatic nitrogens is 1. The van der Waals surface area contributed by atoms with E-state index in [1.807, 2.05) is 0 Å². The topological polar surface area (TPSA) is 104 Å². The zero-order valence-electron chi connectivity index (χ0n) is 9.74. The zero-order valence-corrected chi connectivity index (χ0v) is 9.74. The van der Waals surface area contributed by atoms with Gasteiger partial charge in [-0.15, -0.1) is 0 Å². The Hall–Kier alpha value is -2.05. The highest BCUT2D eigenvalue weighted by Gasteiger charge is 2.09. The highest BCUT2D eigenvalue weighted by molar-refractivity contribution is 5.75. The van der Waals surface area contributed by atoms with Crippen LogP contribution in [-0.2, 0) is 11.3 Å². The summed E-state index contributed by atoms with van der Waals surface area (Å²) in [6, 6.07) is -0.411. The predicted molar refractivity (Wildman–Crippen MR) is 58.5 cm³/mol. The van der Waals surface area contributed by atoms with Crippen LogP contribution < -0.4 is 10.6 Å². The summed E-state index contributed by atoms with van der Waals surface area (Å²) in [6.45, 7) is 3.96. The lowest BCUT2D eigenvalue weighted by molar-refractivity contribution is -0.136. The average molecular weight is 241 g/mol. The van der Waals surface area contributed by atoms with Crippen molar-refractivity contribution in [2.24, 2.45) is 0 Å². The van der Waals surface area contributed by atoms with Crippen LogP contribution in [-0.4, -0.2) is 28.8 Å². The molecule has 94 valence electrons. The number of aryl methyl sites for hydroxylation is 2. The van der Waals surface area contributed by atoms with E-state index in [1.54, 1.807) is 13.8 Å². The number of carbonyl (C=O) groups is 2. The van der Waals surface area contributed by atoms with Crippen LogP contribution >= 0.6 is 0 Å².